The molecule has 0 aliphatic heterocycles. The quantitative estimate of drug-likeness (QED) is 0.714. The Morgan fingerprint density at radius 1 is 1.42 bits per heavy atom. The van der Waals surface area contributed by atoms with Crippen molar-refractivity contribution in [2.24, 2.45) is 0 Å². The largest absolute Gasteiger partial charge is 0.360 e. The molecule has 0 unspecified atom stereocenters. The lowest BCUT2D eigenvalue weighted by Gasteiger charge is -2.11. The summed E-state index contributed by atoms with van der Waals surface area (Å²) < 4.78 is 20.3. The molecule has 2 heterocycles. The van der Waals surface area contributed by atoms with E-state index < -0.39 is 11.1 Å². The second-order valence-electron chi connectivity index (χ2n) is 5.01. The maximum Gasteiger partial charge on any atom is 0.238 e. The Morgan fingerprint density at radius 3 is 2.92 bits per heavy atom. The fourth-order valence-electron chi connectivity index (χ4n) is 1.98. The number of para-hydroxylation sites is 1. The Kier molecular flexibility index (Phi) is 4.61. The molecule has 1 amide bonds. The summed E-state index contributed by atoms with van der Waals surface area (Å²) in [4.78, 5) is 12.2. The van der Waals surface area contributed by atoms with Gasteiger partial charge in [0.15, 0.2) is 11.0 Å². The van der Waals surface area contributed by atoms with Crippen LogP contribution in [0.1, 0.15) is 12.7 Å². The maximum atomic E-state index is 13.9. The van der Waals surface area contributed by atoms with Crippen molar-refractivity contribution in [1.29, 1.82) is 0 Å². The lowest BCUT2D eigenvalue weighted by Crippen LogP contribution is -2.23. The Morgan fingerprint density at radius 2 is 2.21 bits per heavy atom. The number of benzene rings is 1. The van der Waals surface area contributed by atoms with Crippen molar-refractivity contribution in [2.45, 2.75) is 24.3 Å². The van der Waals surface area contributed by atoms with Crippen LogP contribution in [0, 0.1) is 12.7 Å². The summed E-state index contributed by atoms with van der Waals surface area (Å²) in [6.45, 7) is 3.45. The molecule has 0 spiro atoms. The molecule has 0 bridgehead atoms. The minimum atomic E-state index is -0.489. The minimum absolute atomic E-state index is 0.267. The topological polar surface area (TPSA) is 85.8 Å². The number of carbonyl (C=O) groups is 1. The first-order valence-electron chi connectivity index (χ1n) is 7.10. The number of carbonyl (C=O) groups excluding carboxylic acids is 1. The number of aromatic nitrogens is 4. The van der Waals surface area contributed by atoms with Crippen LogP contribution in [0.25, 0.3) is 5.69 Å². The fraction of sp³-hybridized carbons (Fsp3) is 0.200. The van der Waals surface area contributed by atoms with E-state index in [-0.39, 0.29) is 5.91 Å². The van der Waals surface area contributed by atoms with Crippen LogP contribution in [-0.2, 0) is 4.79 Å². The molecule has 0 radical (unpaired) electrons. The summed E-state index contributed by atoms with van der Waals surface area (Å²) in [7, 11) is 0. The molecule has 24 heavy (non-hydrogen) atoms. The highest BCUT2D eigenvalue weighted by molar-refractivity contribution is 8.00. The van der Waals surface area contributed by atoms with Crippen molar-refractivity contribution in [1.82, 2.24) is 19.9 Å². The van der Waals surface area contributed by atoms with Crippen LogP contribution in [0.5, 0.6) is 0 Å². The van der Waals surface area contributed by atoms with Gasteiger partial charge < -0.3 is 9.84 Å². The number of nitrogens with zero attached hydrogens (tertiary/aromatic N) is 4. The molecule has 124 valence electrons. The van der Waals surface area contributed by atoms with Crippen LogP contribution < -0.4 is 5.32 Å². The van der Waals surface area contributed by atoms with Crippen LogP contribution in [-0.4, -0.2) is 31.1 Å². The van der Waals surface area contributed by atoms with Gasteiger partial charge in [-0.05, 0) is 26.0 Å². The number of rotatable bonds is 5. The van der Waals surface area contributed by atoms with E-state index in [9.17, 15) is 9.18 Å². The van der Waals surface area contributed by atoms with Crippen LogP contribution in [0.4, 0.5) is 10.2 Å². The summed E-state index contributed by atoms with van der Waals surface area (Å²) in [6.07, 6.45) is 1.41. The van der Waals surface area contributed by atoms with E-state index in [0.717, 1.165) is 0 Å². The predicted octanol–water partition coefficient (Wildman–Crippen LogP) is 2.82. The molecule has 9 heteroatoms. The van der Waals surface area contributed by atoms with E-state index in [4.69, 9.17) is 4.52 Å². The van der Waals surface area contributed by atoms with E-state index >= 15 is 0 Å². The van der Waals surface area contributed by atoms with Crippen molar-refractivity contribution in [2.75, 3.05) is 5.32 Å². The number of hydrogen-bond acceptors (Lipinski definition) is 6. The van der Waals surface area contributed by atoms with Gasteiger partial charge in [-0.25, -0.2) is 4.39 Å². The molecule has 3 aromatic rings. The molecule has 1 atom stereocenters. The van der Waals surface area contributed by atoms with Gasteiger partial charge in [-0.2, -0.15) is 0 Å². The average Bonchev–Trinajstić information content (AvgIpc) is 3.17. The lowest BCUT2D eigenvalue weighted by atomic mass is 10.3. The van der Waals surface area contributed by atoms with Gasteiger partial charge in [0.1, 0.15) is 17.9 Å². The molecule has 0 aliphatic carbocycles. The Labute approximate surface area is 141 Å². The van der Waals surface area contributed by atoms with Crippen molar-refractivity contribution >= 4 is 23.5 Å². The Bertz CT molecular complexity index is 863. The van der Waals surface area contributed by atoms with Crippen LogP contribution in [0.3, 0.4) is 0 Å². The van der Waals surface area contributed by atoms with Crippen molar-refractivity contribution in [3.05, 3.63) is 48.2 Å². The highest BCUT2D eigenvalue weighted by Gasteiger charge is 2.20. The van der Waals surface area contributed by atoms with E-state index in [2.05, 4.69) is 20.7 Å². The smallest absolute Gasteiger partial charge is 0.238 e. The molecule has 7 nitrogen and oxygen atoms in total. The first kappa shape index (κ1) is 16.2. The zero-order chi connectivity index (χ0) is 17.1. The van der Waals surface area contributed by atoms with E-state index in [0.29, 0.717) is 22.4 Å². The van der Waals surface area contributed by atoms with E-state index in [1.54, 1.807) is 38.1 Å². The molecule has 0 aliphatic rings. The molecular formula is C15H14FN5O2S. The number of nitrogens with one attached hydrogen (secondary N) is 1. The number of hydrogen-bond donors (Lipinski definition) is 1. The summed E-state index contributed by atoms with van der Waals surface area (Å²) in [5.74, 6) is 0.288. The van der Waals surface area contributed by atoms with E-state index in [1.165, 1.54) is 28.7 Å². The number of anilines is 1. The van der Waals surface area contributed by atoms with Gasteiger partial charge in [-0.15, -0.1) is 10.2 Å². The molecule has 0 saturated heterocycles. The highest BCUT2D eigenvalue weighted by atomic mass is 32.2. The van der Waals surface area contributed by atoms with Crippen molar-refractivity contribution in [3.63, 3.8) is 0 Å². The molecule has 0 saturated carbocycles. The van der Waals surface area contributed by atoms with Gasteiger partial charge in [-0.3, -0.25) is 9.36 Å². The Hall–Kier alpha value is -2.68. The third kappa shape index (κ3) is 3.46. The standard InChI is InChI=1S/C15H14FN5O2S/c1-9-7-13(20-23-9)18-14(22)10(2)24-15-19-17-8-21(15)12-6-4-3-5-11(12)16/h3-8,10H,1-2H3,(H,18,20,22)/t10-/m1/s1. The van der Waals surface area contributed by atoms with Gasteiger partial charge in [0.2, 0.25) is 5.91 Å². The van der Waals surface area contributed by atoms with Crippen LogP contribution in [0.2, 0.25) is 0 Å². The Balaban J connectivity index is 1.73. The van der Waals surface area contributed by atoms with Crippen LogP contribution >= 0.6 is 11.8 Å². The molecular weight excluding hydrogens is 333 g/mol. The van der Waals surface area contributed by atoms with Gasteiger partial charge >= 0.3 is 0 Å². The summed E-state index contributed by atoms with van der Waals surface area (Å²) in [5.41, 5.74) is 0.324. The molecule has 1 N–H and O–H groups in total. The van der Waals surface area contributed by atoms with Crippen molar-refractivity contribution in [3.8, 4) is 5.69 Å². The number of thioether (sulfide) groups is 1. The maximum absolute atomic E-state index is 13.9. The summed E-state index contributed by atoms with van der Waals surface area (Å²) in [5, 5.41) is 14.1. The summed E-state index contributed by atoms with van der Waals surface area (Å²) in [6, 6.07) is 7.91. The second kappa shape index (κ2) is 6.83. The van der Waals surface area contributed by atoms with Gasteiger partial charge in [0.25, 0.3) is 0 Å². The first-order chi connectivity index (χ1) is 11.5. The SMILES string of the molecule is Cc1cc(NC(=O)[C@@H](C)Sc2nncn2-c2ccccc2F)no1. The second-order valence-corrected chi connectivity index (χ2v) is 6.32. The molecule has 3 rings (SSSR count). The van der Waals surface area contributed by atoms with Crippen LogP contribution in [0.15, 0.2) is 46.3 Å². The lowest BCUT2D eigenvalue weighted by molar-refractivity contribution is -0.115. The number of amides is 1. The minimum Gasteiger partial charge on any atom is -0.360 e. The van der Waals surface area contributed by atoms with Gasteiger partial charge in [0, 0.05) is 6.07 Å². The van der Waals surface area contributed by atoms with Crippen molar-refractivity contribution < 1.29 is 13.7 Å². The zero-order valence-electron chi connectivity index (χ0n) is 12.9. The normalized spacial score (nSPS) is 12.1. The molecule has 1 aromatic carbocycles. The predicted molar refractivity (Wildman–Crippen MR) is 86.5 cm³/mol. The van der Waals surface area contributed by atoms with Gasteiger partial charge in [-0.1, -0.05) is 29.1 Å². The number of aryl methyl sites for hydroxylation is 1. The zero-order valence-corrected chi connectivity index (χ0v) is 13.7. The highest BCUT2D eigenvalue weighted by Crippen LogP contribution is 2.25. The van der Waals surface area contributed by atoms with E-state index in [1.807, 2.05) is 0 Å². The van der Waals surface area contributed by atoms with Gasteiger partial charge in [0.05, 0.1) is 10.9 Å². The molecule has 0 fully saturated rings. The monoisotopic (exact) mass is 347 g/mol. The first-order valence-corrected chi connectivity index (χ1v) is 7.98. The summed E-state index contributed by atoms with van der Waals surface area (Å²) >= 11 is 1.17. The molecule has 2 aromatic heterocycles. The third-order valence-corrected chi connectivity index (χ3v) is 4.22. The third-order valence-electron chi connectivity index (χ3n) is 3.16. The average molecular weight is 347 g/mol. The number of halogens is 1. The fourth-order valence-corrected chi connectivity index (χ4v) is 2.82.